The third-order valence-corrected chi connectivity index (χ3v) is 3.31. The van der Waals surface area contributed by atoms with Gasteiger partial charge in [-0.1, -0.05) is 36.5 Å². The molecule has 4 heteroatoms. The second kappa shape index (κ2) is 7.82. The average molecular weight is 289 g/mol. The van der Waals surface area contributed by atoms with Crippen molar-refractivity contribution in [3.8, 4) is 0 Å². The van der Waals surface area contributed by atoms with Crippen molar-refractivity contribution in [3.63, 3.8) is 0 Å². The Labute approximate surface area is 127 Å². The first-order valence-corrected chi connectivity index (χ1v) is 6.94. The van der Waals surface area contributed by atoms with Crippen LogP contribution in [-0.4, -0.2) is 37.1 Å². The van der Waals surface area contributed by atoms with Crippen LogP contribution in [0.4, 0.5) is 5.69 Å². The minimum Gasteiger partial charge on any atom is -0.392 e. The second-order valence-corrected chi connectivity index (χ2v) is 5.29. The Balaban J connectivity index is 3.08. The van der Waals surface area contributed by atoms with E-state index in [2.05, 4.69) is 47.2 Å². The molecule has 1 aromatic rings. The molecule has 3 nitrogen and oxygen atoms in total. The summed E-state index contributed by atoms with van der Waals surface area (Å²) in [6.45, 7) is 9.00. The van der Waals surface area contributed by atoms with Crippen LogP contribution in [0, 0.1) is 0 Å². The summed E-state index contributed by atoms with van der Waals surface area (Å²) in [6, 6.07) is 8.18. The van der Waals surface area contributed by atoms with Crippen LogP contribution in [0.1, 0.15) is 11.6 Å². The van der Waals surface area contributed by atoms with E-state index in [4.69, 9.17) is 18.0 Å². The molecular weight excluding hydrogens is 266 g/mol. The van der Waals surface area contributed by atoms with E-state index in [1.807, 2.05) is 26.2 Å². The predicted octanol–water partition coefficient (Wildman–Crippen LogP) is 2.75. The molecule has 0 aromatic heterocycles. The standard InChI is InChI=1S/C16H23N3S/c1-5-11-19(12-6-2)15(16(17)20)13-7-9-14(10-8-13)18(3)4/h5-10,15H,1-2,11-12H2,3-4H3,(H2,17,20). The molecule has 0 fully saturated rings. The molecule has 0 bridgehead atoms. The maximum Gasteiger partial charge on any atom is 0.0948 e. The number of anilines is 1. The Kier molecular flexibility index (Phi) is 6.42. The zero-order valence-corrected chi connectivity index (χ0v) is 13.1. The molecule has 0 spiro atoms. The smallest absolute Gasteiger partial charge is 0.0948 e. The van der Waals surface area contributed by atoms with Gasteiger partial charge in [-0.25, -0.2) is 0 Å². The molecule has 1 aromatic carbocycles. The Morgan fingerprint density at radius 2 is 1.70 bits per heavy atom. The summed E-state index contributed by atoms with van der Waals surface area (Å²) in [5.74, 6) is 0. The quantitative estimate of drug-likeness (QED) is 0.589. The Morgan fingerprint density at radius 3 is 2.05 bits per heavy atom. The van der Waals surface area contributed by atoms with Crippen molar-refractivity contribution in [3.05, 3.63) is 55.1 Å². The number of hydrogen-bond acceptors (Lipinski definition) is 3. The van der Waals surface area contributed by atoms with Crippen LogP contribution in [0.3, 0.4) is 0 Å². The number of thiocarbonyl (C=S) groups is 1. The minimum atomic E-state index is -0.0998. The zero-order valence-electron chi connectivity index (χ0n) is 12.2. The van der Waals surface area contributed by atoms with Gasteiger partial charge in [-0.3, -0.25) is 4.90 Å². The highest BCUT2D eigenvalue weighted by atomic mass is 32.1. The van der Waals surface area contributed by atoms with Gasteiger partial charge in [0.1, 0.15) is 0 Å². The summed E-state index contributed by atoms with van der Waals surface area (Å²) in [4.78, 5) is 4.67. The number of hydrogen-bond donors (Lipinski definition) is 1. The van der Waals surface area contributed by atoms with Crippen molar-refractivity contribution in [2.75, 3.05) is 32.1 Å². The lowest BCUT2D eigenvalue weighted by molar-refractivity contribution is 0.301. The molecule has 0 saturated carbocycles. The van der Waals surface area contributed by atoms with Gasteiger partial charge in [0.15, 0.2) is 0 Å². The van der Waals surface area contributed by atoms with Crippen LogP contribution in [0.15, 0.2) is 49.6 Å². The molecule has 1 atom stereocenters. The van der Waals surface area contributed by atoms with Gasteiger partial charge in [-0.2, -0.15) is 0 Å². The highest BCUT2D eigenvalue weighted by Crippen LogP contribution is 2.23. The Morgan fingerprint density at radius 1 is 1.20 bits per heavy atom. The fraction of sp³-hybridized carbons (Fsp3) is 0.312. The molecule has 2 N–H and O–H groups in total. The van der Waals surface area contributed by atoms with Crippen LogP contribution in [0.25, 0.3) is 0 Å². The fourth-order valence-electron chi connectivity index (χ4n) is 2.13. The minimum absolute atomic E-state index is 0.0998. The zero-order chi connectivity index (χ0) is 15.1. The molecule has 20 heavy (non-hydrogen) atoms. The lowest BCUT2D eigenvalue weighted by atomic mass is 10.0. The van der Waals surface area contributed by atoms with E-state index in [0.29, 0.717) is 18.1 Å². The monoisotopic (exact) mass is 289 g/mol. The summed E-state index contributed by atoms with van der Waals surface area (Å²) in [6.07, 6.45) is 3.70. The fourth-order valence-corrected chi connectivity index (χ4v) is 2.41. The number of nitrogens with zero attached hydrogens (tertiary/aromatic N) is 2. The van der Waals surface area contributed by atoms with E-state index in [9.17, 15) is 0 Å². The SMILES string of the molecule is C=CCN(CC=C)C(C(N)=S)c1ccc(N(C)C)cc1. The second-order valence-electron chi connectivity index (χ2n) is 4.82. The topological polar surface area (TPSA) is 32.5 Å². The first kappa shape index (κ1) is 16.4. The van der Waals surface area contributed by atoms with E-state index in [0.717, 1.165) is 11.3 Å². The van der Waals surface area contributed by atoms with Crippen molar-refractivity contribution < 1.29 is 0 Å². The van der Waals surface area contributed by atoms with E-state index in [1.165, 1.54) is 0 Å². The number of benzene rings is 1. The van der Waals surface area contributed by atoms with Gasteiger partial charge in [-0.15, -0.1) is 13.2 Å². The first-order chi connectivity index (χ1) is 9.51. The average Bonchev–Trinajstić information content (AvgIpc) is 2.39. The molecule has 0 aliphatic carbocycles. The number of nitrogens with two attached hydrogens (primary N) is 1. The van der Waals surface area contributed by atoms with Gasteiger partial charge < -0.3 is 10.6 Å². The highest BCUT2D eigenvalue weighted by molar-refractivity contribution is 7.80. The predicted molar refractivity (Wildman–Crippen MR) is 92.3 cm³/mol. The maximum atomic E-state index is 5.94. The van der Waals surface area contributed by atoms with E-state index in [-0.39, 0.29) is 6.04 Å². The largest absolute Gasteiger partial charge is 0.392 e. The lowest BCUT2D eigenvalue weighted by Gasteiger charge is -2.29. The van der Waals surface area contributed by atoms with E-state index in [1.54, 1.807) is 0 Å². The van der Waals surface area contributed by atoms with Crippen molar-refractivity contribution >= 4 is 22.9 Å². The van der Waals surface area contributed by atoms with Crippen molar-refractivity contribution in [1.82, 2.24) is 4.90 Å². The van der Waals surface area contributed by atoms with Crippen LogP contribution in [0.5, 0.6) is 0 Å². The van der Waals surface area contributed by atoms with Gasteiger partial charge in [0.25, 0.3) is 0 Å². The summed E-state index contributed by atoms with van der Waals surface area (Å²) in [5, 5.41) is 0. The van der Waals surface area contributed by atoms with Crippen LogP contribution in [-0.2, 0) is 0 Å². The summed E-state index contributed by atoms with van der Waals surface area (Å²) in [5.41, 5.74) is 8.18. The number of rotatable bonds is 8. The van der Waals surface area contributed by atoms with Gasteiger partial charge in [0, 0.05) is 32.9 Å². The lowest BCUT2D eigenvalue weighted by Crippen LogP contribution is -2.37. The normalized spacial score (nSPS) is 11.9. The van der Waals surface area contributed by atoms with Crippen molar-refractivity contribution in [1.29, 1.82) is 0 Å². The van der Waals surface area contributed by atoms with Gasteiger partial charge >= 0.3 is 0 Å². The molecule has 0 saturated heterocycles. The molecule has 0 aliphatic rings. The Bertz CT molecular complexity index is 455. The third-order valence-electron chi connectivity index (χ3n) is 3.09. The highest BCUT2D eigenvalue weighted by Gasteiger charge is 2.21. The summed E-state index contributed by atoms with van der Waals surface area (Å²) >= 11 is 5.25. The first-order valence-electron chi connectivity index (χ1n) is 6.53. The molecule has 1 rings (SSSR count). The van der Waals surface area contributed by atoms with Crippen molar-refractivity contribution in [2.24, 2.45) is 5.73 Å². The van der Waals surface area contributed by atoms with Crippen molar-refractivity contribution in [2.45, 2.75) is 6.04 Å². The summed E-state index contributed by atoms with van der Waals surface area (Å²) in [7, 11) is 4.03. The van der Waals surface area contributed by atoms with E-state index < -0.39 is 0 Å². The Hall–Kier alpha value is -1.65. The third kappa shape index (κ3) is 4.18. The molecule has 0 aliphatic heterocycles. The van der Waals surface area contributed by atoms with Crippen LogP contribution in [0.2, 0.25) is 0 Å². The molecular formula is C16H23N3S. The van der Waals surface area contributed by atoms with Crippen LogP contribution < -0.4 is 10.6 Å². The van der Waals surface area contributed by atoms with Gasteiger partial charge in [0.2, 0.25) is 0 Å². The van der Waals surface area contributed by atoms with Crippen LogP contribution >= 0.6 is 12.2 Å². The summed E-state index contributed by atoms with van der Waals surface area (Å²) < 4.78 is 0. The molecule has 1 unspecified atom stereocenters. The molecule has 0 heterocycles. The van der Waals surface area contributed by atoms with Gasteiger partial charge in [0.05, 0.1) is 11.0 Å². The molecule has 0 radical (unpaired) electrons. The molecule has 0 amide bonds. The van der Waals surface area contributed by atoms with E-state index >= 15 is 0 Å². The molecule has 108 valence electrons. The maximum absolute atomic E-state index is 5.94. The van der Waals surface area contributed by atoms with Gasteiger partial charge in [-0.05, 0) is 17.7 Å².